The number of nitrogens with one attached hydrogen (secondary N) is 1. The van der Waals surface area contributed by atoms with Crippen molar-refractivity contribution < 1.29 is 9.53 Å². The molecule has 1 fully saturated rings. The highest BCUT2D eigenvalue weighted by Gasteiger charge is 2.23. The fourth-order valence-electron chi connectivity index (χ4n) is 4.14. The molecule has 1 N–H and O–H groups in total. The van der Waals surface area contributed by atoms with Crippen molar-refractivity contribution in [3.8, 4) is 22.3 Å². The Kier molecular flexibility index (Phi) is 5.95. The molecule has 0 bridgehead atoms. The summed E-state index contributed by atoms with van der Waals surface area (Å²) >= 11 is 0. The smallest absolute Gasteiger partial charge is 0.412 e. The van der Waals surface area contributed by atoms with E-state index in [0.717, 1.165) is 28.3 Å². The Bertz CT molecular complexity index is 1230. The monoisotopic (exact) mass is 433 g/mol. The van der Waals surface area contributed by atoms with E-state index in [-0.39, 0.29) is 6.10 Å². The fourth-order valence-corrected chi connectivity index (χ4v) is 4.14. The second kappa shape index (κ2) is 9.33. The molecule has 33 heavy (non-hydrogen) atoms. The van der Waals surface area contributed by atoms with Gasteiger partial charge in [-0.05, 0) is 59.6 Å². The van der Waals surface area contributed by atoms with Crippen molar-refractivity contribution in [1.29, 1.82) is 0 Å². The molecule has 0 heterocycles. The minimum Gasteiger partial charge on any atom is -0.441 e. The minimum atomic E-state index is -0.467. The molecular weight excluding hydrogens is 406 g/mol. The summed E-state index contributed by atoms with van der Waals surface area (Å²) < 4.78 is 5.59. The maximum Gasteiger partial charge on any atom is 0.412 e. The Hall–Kier alpha value is -3.85. The topological polar surface area (TPSA) is 38.3 Å². The maximum absolute atomic E-state index is 12.6. The van der Waals surface area contributed by atoms with Gasteiger partial charge in [0.05, 0.1) is 5.69 Å². The van der Waals surface area contributed by atoms with E-state index in [0.29, 0.717) is 0 Å². The molecule has 0 aliphatic heterocycles. The van der Waals surface area contributed by atoms with Crippen LogP contribution in [-0.2, 0) is 4.74 Å². The first-order chi connectivity index (χ1) is 16.2. The number of amides is 1. The van der Waals surface area contributed by atoms with E-state index in [2.05, 4.69) is 53.8 Å². The zero-order valence-electron chi connectivity index (χ0n) is 18.7. The Morgan fingerprint density at radius 2 is 1.33 bits per heavy atom. The van der Waals surface area contributed by atoms with E-state index in [9.17, 15) is 4.79 Å². The molecule has 164 valence electrons. The van der Waals surface area contributed by atoms with Crippen LogP contribution in [0.25, 0.3) is 22.3 Å². The standard InChI is InChI=1S/C30H27NO2/c1-21(22-7-3-2-4-8-22)33-30(32)31-29-10-6-5-9-28(29)27-19-17-26(18-20-27)25-15-13-24(14-16-25)23-11-12-23/h2-10,13-21,23H,11-12H2,1H3,(H,31,32)/t21-/m1/s1. The Balaban J connectivity index is 1.30. The van der Waals surface area contributed by atoms with Gasteiger partial charge in [0, 0.05) is 5.56 Å². The minimum absolute atomic E-state index is 0.330. The second-order valence-electron chi connectivity index (χ2n) is 8.60. The number of benzene rings is 4. The van der Waals surface area contributed by atoms with Gasteiger partial charge in [-0.1, -0.05) is 97.1 Å². The van der Waals surface area contributed by atoms with Gasteiger partial charge in [-0.3, -0.25) is 5.32 Å². The molecule has 1 aliphatic rings. The lowest BCUT2D eigenvalue weighted by Crippen LogP contribution is -2.16. The number of para-hydroxylation sites is 1. The van der Waals surface area contributed by atoms with Crippen LogP contribution in [0.5, 0.6) is 0 Å². The Morgan fingerprint density at radius 1 is 0.758 bits per heavy atom. The molecular formula is C30H27NO2. The van der Waals surface area contributed by atoms with Gasteiger partial charge in [-0.25, -0.2) is 4.79 Å². The van der Waals surface area contributed by atoms with Crippen molar-refractivity contribution in [3.05, 3.63) is 114 Å². The van der Waals surface area contributed by atoms with E-state index < -0.39 is 6.09 Å². The number of carbonyl (C=O) groups excluding carboxylic acids is 1. The van der Waals surface area contributed by atoms with Gasteiger partial charge < -0.3 is 4.74 Å². The summed E-state index contributed by atoms with van der Waals surface area (Å²) in [6, 6.07) is 34.9. The molecule has 1 atom stereocenters. The molecule has 0 spiro atoms. The molecule has 0 aromatic heterocycles. The molecule has 1 amide bonds. The first-order valence-electron chi connectivity index (χ1n) is 11.5. The quantitative estimate of drug-likeness (QED) is 0.333. The zero-order chi connectivity index (χ0) is 22.6. The zero-order valence-corrected chi connectivity index (χ0v) is 18.7. The fraction of sp³-hybridized carbons (Fsp3) is 0.167. The molecule has 0 unspecified atom stereocenters. The summed E-state index contributed by atoms with van der Waals surface area (Å²) in [6.07, 6.45) is 1.84. The molecule has 1 saturated carbocycles. The number of hydrogen-bond acceptors (Lipinski definition) is 2. The van der Waals surface area contributed by atoms with Crippen LogP contribution in [0.2, 0.25) is 0 Å². The van der Waals surface area contributed by atoms with E-state index in [1.165, 1.54) is 29.5 Å². The summed E-state index contributed by atoms with van der Waals surface area (Å²) in [6.45, 7) is 1.87. The number of ether oxygens (including phenoxy) is 1. The van der Waals surface area contributed by atoms with Crippen molar-refractivity contribution in [3.63, 3.8) is 0 Å². The second-order valence-corrected chi connectivity index (χ2v) is 8.60. The highest BCUT2D eigenvalue weighted by Crippen LogP contribution is 2.40. The van der Waals surface area contributed by atoms with Gasteiger partial charge in [0.15, 0.2) is 0 Å². The molecule has 0 saturated heterocycles. The summed E-state index contributed by atoms with van der Waals surface area (Å²) in [5, 5.41) is 2.92. The van der Waals surface area contributed by atoms with E-state index in [4.69, 9.17) is 4.74 Å². The third kappa shape index (κ3) is 4.98. The van der Waals surface area contributed by atoms with Crippen LogP contribution in [0.4, 0.5) is 10.5 Å². The van der Waals surface area contributed by atoms with Crippen LogP contribution in [0.3, 0.4) is 0 Å². The van der Waals surface area contributed by atoms with Crippen molar-refractivity contribution in [1.82, 2.24) is 0 Å². The lowest BCUT2D eigenvalue weighted by atomic mass is 9.98. The van der Waals surface area contributed by atoms with Gasteiger partial charge in [-0.2, -0.15) is 0 Å². The number of rotatable bonds is 6. The van der Waals surface area contributed by atoms with Gasteiger partial charge in [0.2, 0.25) is 0 Å². The van der Waals surface area contributed by atoms with E-state index in [1.807, 2.05) is 61.5 Å². The maximum atomic E-state index is 12.6. The molecule has 4 aromatic carbocycles. The largest absolute Gasteiger partial charge is 0.441 e. The third-order valence-electron chi connectivity index (χ3n) is 6.21. The molecule has 1 aliphatic carbocycles. The lowest BCUT2D eigenvalue weighted by Gasteiger charge is -2.16. The van der Waals surface area contributed by atoms with Gasteiger partial charge in [0.25, 0.3) is 0 Å². The Morgan fingerprint density at radius 3 is 2.00 bits per heavy atom. The van der Waals surface area contributed by atoms with Crippen LogP contribution in [0.1, 0.15) is 42.9 Å². The first kappa shape index (κ1) is 21.0. The van der Waals surface area contributed by atoms with Crippen molar-refractivity contribution in [2.75, 3.05) is 5.32 Å². The van der Waals surface area contributed by atoms with E-state index in [1.54, 1.807) is 0 Å². The molecule has 4 aromatic rings. The summed E-state index contributed by atoms with van der Waals surface area (Å²) in [4.78, 5) is 12.6. The first-order valence-corrected chi connectivity index (χ1v) is 11.5. The number of anilines is 1. The van der Waals surface area contributed by atoms with Gasteiger partial charge >= 0.3 is 6.09 Å². The van der Waals surface area contributed by atoms with Gasteiger partial charge in [-0.15, -0.1) is 0 Å². The predicted octanol–water partition coefficient (Wildman–Crippen LogP) is 8.21. The van der Waals surface area contributed by atoms with Crippen molar-refractivity contribution >= 4 is 11.8 Å². The molecule has 3 heteroatoms. The third-order valence-corrected chi connectivity index (χ3v) is 6.21. The van der Waals surface area contributed by atoms with Crippen molar-refractivity contribution in [2.45, 2.75) is 31.8 Å². The number of carbonyl (C=O) groups is 1. The summed E-state index contributed by atoms with van der Waals surface area (Å²) in [5.74, 6) is 0.771. The Labute approximate surface area is 195 Å². The number of hydrogen-bond donors (Lipinski definition) is 1. The van der Waals surface area contributed by atoms with Crippen LogP contribution < -0.4 is 5.32 Å². The lowest BCUT2D eigenvalue weighted by molar-refractivity contribution is 0.121. The van der Waals surface area contributed by atoms with Crippen LogP contribution in [0, 0.1) is 0 Å². The van der Waals surface area contributed by atoms with Crippen LogP contribution in [-0.4, -0.2) is 6.09 Å². The molecule has 5 rings (SSSR count). The predicted molar refractivity (Wildman–Crippen MR) is 134 cm³/mol. The summed E-state index contributed by atoms with van der Waals surface area (Å²) in [5.41, 5.74) is 7.53. The highest BCUT2D eigenvalue weighted by molar-refractivity contribution is 5.91. The highest BCUT2D eigenvalue weighted by atomic mass is 16.6. The average molecular weight is 434 g/mol. The average Bonchev–Trinajstić information content (AvgIpc) is 3.71. The van der Waals surface area contributed by atoms with Gasteiger partial charge in [0.1, 0.15) is 6.10 Å². The molecule has 3 nitrogen and oxygen atoms in total. The normalized spacial score (nSPS) is 13.8. The van der Waals surface area contributed by atoms with E-state index >= 15 is 0 Å². The summed E-state index contributed by atoms with van der Waals surface area (Å²) in [7, 11) is 0. The molecule has 0 radical (unpaired) electrons. The van der Waals surface area contributed by atoms with Crippen LogP contribution in [0.15, 0.2) is 103 Å². The van der Waals surface area contributed by atoms with Crippen LogP contribution >= 0.6 is 0 Å². The van der Waals surface area contributed by atoms with Crippen molar-refractivity contribution in [2.24, 2.45) is 0 Å². The SMILES string of the molecule is C[C@@H](OC(=O)Nc1ccccc1-c1ccc(-c2ccc(C3CC3)cc2)cc1)c1ccccc1.